The Hall–Kier alpha value is -2.58. The van der Waals surface area contributed by atoms with Crippen LogP contribution in [-0.4, -0.2) is 50.5 Å². The lowest BCUT2D eigenvalue weighted by atomic mass is 10.0. The van der Waals surface area contributed by atoms with Gasteiger partial charge in [-0.3, -0.25) is 13.9 Å². The lowest BCUT2D eigenvalue weighted by Crippen LogP contribution is -2.49. The minimum atomic E-state index is -3.59. The van der Waals surface area contributed by atoms with Crippen molar-refractivity contribution in [2.24, 2.45) is 0 Å². The van der Waals surface area contributed by atoms with Crippen LogP contribution in [0.25, 0.3) is 0 Å². The minimum absolute atomic E-state index is 0.107. The van der Waals surface area contributed by atoms with Gasteiger partial charge in [-0.15, -0.1) is 0 Å². The fraction of sp³-hybridized carbons (Fsp3) is 0.500. The highest BCUT2D eigenvalue weighted by atomic mass is 35.5. The van der Waals surface area contributed by atoms with Gasteiger partial charge in [0.2, 0.25) is 21.8 Å². The number of halogens is 1. The topological polar surface area (TPSA) is 86.8 Å². The second-order valence-electron chi connectivity index (χ2n) is 9.34. The molecule has 0 aliphatic heterocycles. The van der Waals surface area contributed by atoms with Crippen molar-refractivity contribution in [1.29, 1.82) is 0 Å². The van der Waals surface area contributed by atoms with Gasteiger partial charge in [0.1, 0.15) is 6.04 Å². The van der Waals surface area contributed by atoms with Crippen LogP contribution in [-0.2, 0) is 26.2 Å². The van der Waals surface area contributed by atoms with Crippen LogP contribution in [0.4, 0.5) is 5.69 Å². The quantitative estimate of drug-likeness (QED) is 0.327. The molecule has 0 radical (unpaired) electrons. The monoisotopic (exact) mass is 549 g/mol. The standard InChI is InChI=1S/C28H40ClN3O4S/c1-6-8-18-30-28(34)25(7-2)31(20-23-14-10-9-13-21(23)3)27(33)17-12-19-32(37(5,35)36)26-16-11-15-24(29)22(26)4/h9-11,13-16,25H,6-8,12,17-20H2,1-5H3,(H,30,34)/t25-/m1/s1. The number of sulfonamides is 1. The van der Waals surface area contributed by atoms with Crippen LogP contribution in [0.2, 0.25) is 5.02 Å². The van der Waals surface area contributed by atoms with Crippen molar-refractivity contribution < 1.29 is 18.0 Å². The third kappa shape index (κ3) is 8.75. The predicted octanol–water partition coefficient (Wildman–Crippen LogP) is 5.23. The fourth-order valence-corrected chi connectivity index (χ4v) is 5.43. The molecule has 0 aromatic heterocycles. The number of benzene rings is 2. The van der Waals surface area contributed by atoms with Gasteiger partial charge in [0.05, 0.1) is 11.9 Å². The molecule has 204 valence electrons. The number of carbonyl (C=O) groups excluding carboxylic acids is 2. The highest BCUT2D eigenvalue weighted by molar-refractivity contribution is 7.92. The molecule has 2 rings (SSSR count). The number of nitrogens with one attached hydrogen (secondary N) is 1. The van der Waals surface area contributed by atoms with Gasteiger partial charge in [-0.05, 0) is 61.9 Å². The Bertz CT molecular complexity index is 1170. The lowest BCUT2D eigenvalue weighted by Gasteiger charge is -2.31. The largest absolute Gasteiger partial charge is 0.354 e. The Kier molecular flexibility index (Phi) is 11.9. The molecular formula is C28H40ClN3O4S. The summed E-state index contributed by atoms with van der Waals surface area (Å²) in [5.74, 6) is -0.345. The highest BCUT2D eigenvalue weighted by Gasteiger charge is 2.29. The fourth-order valence-electron chi connectivity index (χ4n) is 4.25. The predicted molar refractivity (Wildman–Crippen MR) is 151 cm³/mol. The normalized spacial score (nSPS) is 12.2. The van der Waals surface area contributed by atoms with Crippen LogP contribution in [0.15, 0.2) is 42.5 Å². The van der Waals surface area contributed by atoms with Crippen molar-refractivity contribution in [1.82, 2.24) is 10.2 Å². The summed E-state index contributed by atoms with van der Waals surface area (Å²) >= 11 is 6.23. The first-order valence-electron chi connectivity index (χ1n) is 12.9. The average molecular weight is 550 g/mol. The Morgan fingerprint density at radius 1 is 1.03 bits per heavy atom. The summed E-state index contributed by atoms with van der Waals surface area (Å²) in [6.45, 7) is 8.72. The van der Waals surface area contributed by atoms with E-state index >= 15 is 0 Å². The lowest BCUT2D eigenvalue weighted by molar-refractivity contribution is -0.141. The van der Waals surface area contributed by atoms with E-state index in [0.717, 1.165) is 30.2 Å². The maximum Gasteiger partial charge on any atom is 0.242 e. The first-order chi connectivity index (χ1) is 17.5. The van der Waals surface area contributed by atoms with Gasteiger partial charge in [0.25, 0.3) is 0 Å². The van der Waals surface area contributed by atoms with Gasteiger partial charge in [-0.1, -0.05) is 62.2 Å². The number of amides is 2. The number of anilines is 1. The van der Waals surface area contributed by atoms with Crippen molar-refractivity contribution in [3.05, 3.63) is 64.2 Å². The van der Waals surface area contributed by atoms with E-state index in [1.54, 1.807) is 30.0 Å². The van der Waals surface area contributed by atoms with Crippen molar-refractivity contribution in [2.75, 3.05) is 23.7 Å². The van der Waals surface area contributed by atoms with Crippen LogP contribution >= 0.6 is 11.6 Å². The molecule has 0 heterocycles. The molecule has 0 saturated heterocycles. The SMILES string of the molecule is CCCCNC(=O)[C@@H](CC)N(Cc1ccccc1C)C(=O)CCCN(c1cccc(Cl)c1C)S(C)(=O)=O. The number of hydrogen-bond acceptors (Lipinski definition) is 4. The first kappa shape index (κ1) is 30.6. The van der Waals surface area contributed by atoms with E-state index in [4.69, 9.17) is 11.6 Å². The summed E-state index contributed by atoms with van der Waals surface area (Å²) < 4.78 is 26.5. The smallest absolute Gasteiger partial charge is 0.242 e. The van der Waals surface area contributed by atoms with E-state index in [0.29, 0.717) is 42.2 Å². The third-order valence-electron chi connectivity index (χ3n) is 6.48. The van der Waals surface area contributed by atoms with Crippen LogP contribution in [0.1, 0.15) is 62.6 Å². The molecule has 2 aromatic rings. The molecule has 0 unspecified atom stereocenters. The second kappa shape index (κ2) is 14.4. The van der Waals surface area contributed by atoms with Gasteiger partial charge < -0.3 is 10.2 Å². The Balaban J connectivity index is 2.24. The van der Waals surface area contributed by atoms with Crippen molar-refractivity contribution in [2.45, 2.75) is 72.4 Å². The van der Waals surface area contributed by atoms with Gasteiger partial charge >= 0.3 is 0 Å². The zero-order valence-electron chi connectivity index (χ0n) is 22.6. The molecule has 37 heavy (non-hydrogen) atoms. The molecule has 1 N–H and O–H groups in total. The number of nitrogens with zero attached hydrogens (tertiary/aromatic N) is 2. The molecule has 2 aromatic carbocycles. The van der Waals surface area contributed by atoms with Gasteiger partial charge in [0.15, 0.2) is 0 Å². The molecule has 2 amide bonds. The molecule has 0 fully saturated rings. The average Bonchev–Trinajstić information content (AvgIpc) is 2.84. The highest BCUT2D eigenvalue weighted by Crippen LogP contribution is 2.28. The van der Waals surface area contributed by atoms with E-state index in [2.05, 4.69) is 12.2 Å². The summed E-state index contributed by atoms with van der Waals surface area (Å²) in [4.78, 5) is 28.2. The zero-order chi connectivity index (χ0) is 27.6. The number of hydrogen-bond donors (Lipinski definition) is 1. The molecular weight excluding hydrogens is 510 g/mol. The van der Waals surface area contributed by atoms with Crippen molar-refractivity contribution in [3.63, 3.8) is 0 Å². The summed E-state index contributed by atoms with van der Waals surface area (Å²) in [7, 11) is -3.59. The molecule has 9 heteroatoms. The third-order valence-corrected chi connectivity index (χ3v) is 8.07. The maximum absolute atomic E-state index is 13.5. The van der Waals surface area contributed by atoms with E-state index in [9.17, 15) is 18.0 Å². The zero-order valence-corrected chi connectivity index (χ0v) is 24.2. The number of unbranched alkanes of at least 4 members (excludes halogenated alkanes) is 1. The second-order valence-corrected chi connectivity index (χ2v) is 11.7. The van der Waals surface area contributed by atoms with Gasteiger partial charge in [0, 0.05) is 31.1 Å². The summed E-state index contributed by atoms with van der Waals surface area (Å²) in [6.07, 6.45) is 3.87. The molecule has 0 bridgehead atoms. The first-order valence-corrected chi connectivity index (χ1v) is 15.1. The molecule has 0 aliphatic rings. The summed E-state index contributed by atoms with van der Waals surface area (Å²) in [6, 6.07) is 12.3. The van der Waals surface area contributed by atoms with E-state index in [1.807, 2.05) is 38.1 Å². The Labute approximate surface area is 227 Å². The van der Waals surface area contributed by atoms with Crippen molar-refractivity contribution >= 4 is 39.1 Å². The van der Waals surface area contributed by atoms with Crippen LogP contribution < -0.4 is 9.62 Å². The van der Waals surface area contributed by atoms with Crippen molar-refractivity contribution in [3.8, 4) is 0 Å². The Morgan fingerprint density at radius 3 is 2.35 bits per heavy atom. The Morgan fingerprint density at radius 2 is 1.73 bits per heavy atom. The van der Waals surface area contributed by atoms with E-state index < -0.39 is 16.1 Å². The summed E-state index contributed by atoms with van der Waals surface area (Å²) in [5, 5.41) is 3.44. The molecule has 7 nitrogen and oxygen atoms in total. The maximum atomic E-state index is 13.5. The number of rotatable bonds is 14. The van der Waals surface area contributed by atoms with Gasteiger partial charge in [-0.25, -0.2) is 8.42 Å². The van der Waals surface area contributed by atoms with Crippen LogP contribution in [0.5, 0.6) is 0 Å². The molecule has 0 spiro atoms. The summed E-state index contributed by atoms with van der Waals surface area (Å²) in [5.41, 5.74) is 3.18. The molecule has 0 saturated carbocycles. The minimum Gasteiger partial charge on any atom is -0.354 e. The van der Waals surface area contributed by atoms with Crippen LogP contribution in [0.3, 0.4) is 0 Å². The van der Waals surface area contributed by atoms with E-state index in [-0.39, 0.29) is 24.8 Å². The number of aryl methyl sites for hydroxylation is 1. The molecule has 1 atom stereocenters. The van der Waals surface area contributed by atoms with E-state index in [1.165, 1.54) is 4.31 Å². The number of carbonyl (C=O) groups is 2. The van der Waals surface area contributed by atoms with Gasteiger partial charge in [-0.2, -0.15) is 0 Å². The molecule has 0 aliphatic carbocycles. The van der Waals surface area contributed by atoms with Crippen LogP contribution in [0, 0.1) is 13.8 Å².